The molecule has 0 radical (unpaired) electrons. The van der Waals surface area contributed by atoms with Crippen molar-refractivity contribution in [2.24, 2.45) is 17.8 Å². The second-order valence-electron chi connectivity index (χ2n) is 9.48. The molecule has 1 saturated carbocycles. The first-order valence-corrected chi connectivity index (χ1v) is 11.4. The van der Waals surface area contributed by atoms with Crippen LogP contribution in [0.4, 0.5) is 4.39 Å². The van der Waals surface area contributed by atoms with E-state index in [2.05, 4.69) is 19.2 Å². The Balaban J connectivity index is 1.45. The predicted molar refractivity (Wildman–Crippen MR) is 120 cm³/mol. The number of benzene rings is 2. The van der Waals surface area contributed by atoms with Gasteiger partial charge in [0.2, 0.25) is 5.91 Å². The first-order chi connectivity index (χ1) is 15.0. The number of nitrogens with one attached hydrogen (secondary N) is 1. The molecule has 0 bridgehead atoms. The van der Waals surface area contributed by atoms with Gasteiger partial charge in [0.1, 0.15) is 11.6 Å². The average Bonchev–Trinajstić information content (AvgIpc) is 3.35. The molecular formula is C26H33FN2O2. The number of rotatable bonds is 8. The third-order valence-electron chi connectivity index (χ3n) is 6.52. The van der Waals surface area contributed by atoms with E-state index in [9.17, 15) is 9.18 Å². The lowest BCUT2D eigenvalue weighted by Crippen LogP contribution is -2.40. The Morgan fingerprint density at radius 3 is 2.26 bits per heavy atom. The van der Waals surface area contributed by atoms with E-state index in [0.29, 0.717) is 37.3 Å². The molecule has 1 saturated heterocycles. The molecule has 1 N–H and O–H groups in total. The van der Waals surface area contributed by atoms with E-state index >= 15 is 0 Å². The fourth-order valence-electron chi connectivity index (χ4n) is 4.84. The number of hydrogen-bond acceptors (Lipinski definition) is 3. The molecule has 1 heterocycles. The van der Waals surface area contributed by atoms with Crippen LogP contribution >= 0.6 is 0 Å². The molecule has 1 amide bonds. The summed E-state index contributed by atoms with van der Waals surface area (Å²) in [6, 6.07) is 14.6. The van der Waals surface area contributed by atoms with Crippen molar-refractivity contribution in [3.63, 3.8) is 0 Å². The normalized spacial score (nSPS) is 22.5. The van der Waals surface area contributed by atoms with Gasteiger partial charge in [-0.25, -0.2) is 4.39 Å². The van der Waals surface area contributed by atoms with Crippen molar-refractivity contribution in [1.82, 2.24) is 10.2 Å². The third-order valence-corrected chi connectivity index (χ3v) is 6.52. The summed E-state index contributed by atoms with van der Waals surface area (Å²) >= 11 is 0. The van der Waals surface area contributed by atoms with Crippen molar-refractivity contribution >= 4 is 5.91 Å². The highest BCUT2D eigenvalue weighted by molar-refractivity contribution is 5.79. The molecule has 0 spiro atoms. The van der Waals surface area contributed by atoms with Crippen molar-refractivity contribution in [1.29, 1.82) is 0 Å². The van der Waals surface area contributed by atoms with Crippen molar-refractivity contribution in [2.75, 3.05) is 19.7 Å². The molecular weight excluding hydrogens is 391 g/mol. The third kappa shape index (κ3) is 5.65. The van der Waals surface area contributed by atoms with Crippen LogP contribution < -0.4 is 10.1 Å². The summed E-state index contributed by atoms with van der Waals surface area (Å²) in [6.07, 6.45) is 2.47. The Hall–Kier alpha value is -2.40. The van der Waals surface area contributed by atoms with Gasteiger partial charge in [0, 0.05) is 12.6 Å². The summed E-state index contributed by atoms with van der Waals surface area (Å²) in [4.78, 5) is 15.4. The van der Waals surface area contributed by atoms with Crippen LogP contribution in [-0.4, -0.2) is 36.5 Å². The Labute approximate surface area is 184 Å². The Morgan fingerprint density at radius 2 is 1.65 bits per heavy atom. The maximum atomic E-state index is 13.4. The molecule has 2 aliphatic rings. The number of hydrogen-bond donors (Lipinski definition) is 1. The van der Waals surface area contributed by atoms with Crippen molar-refractivity contribution in [3.8, 4) is 5.75 Å². The Kier molecular flexibility index (Phi) is 6.91. The number of ether oxygens (including phenoxy) is 1. The molecule has 31 heavy (non-hydrogen) atoms. The first-order valence-electron chi connectivity index (χ1n) is 11.4. The predicted octanol–water partition coefficient (Wildman–Crippen LogP) is 4.43. The van der Waals surface area contributed by atoms with Crippen LogP contribution in [0.15, 0.2) is 48.5 Å². The lowest BCUT2D eigenvalue weighted by molar-refractivity contribution is -0.133. The number of carbonyl (C=O) groups is 1. The summed E-state index contributed by atoms with van der Waals surface area (Å²) < 4.78 is 19.1. The summed E-state index contributed by atoms with van der Waals surface area (Å²) in [5.74, 6) is 2.52. The van der Waals surface area contributed by atoms with Gasteiger partial charge in [-0.3, -0.25) is 4.79 Å². The van der Waals surface area contributed by atoms with Crippen molar-refractivity contribution in [2.45, 2.75) is 45.7 Å². The molecule has 5 heteroatoms. The zero-order valence-electron chi connectivity index (χ0n) is 18.5. The van der Waals surface area contributed by atoms with Gasteiger partial charge in [-0.1, -0.05) is 38.1 Å². The molecule has 1 aliphatic heterocycles. The SMILES string of the molecule is CC(C)COc1ccc(CC(=O)N(Cc2ccc(F)cc2)C2C[C@H]3CNC[C@H]3C2)cc1. The van der Waals surface area contributed by atoms with Gasteiger partial charge < -0.3 is 15.0 Å². The van der Waals surface area contributed by atoms with Crippen LogP contribution in [0.3, 0.4) is 0 Å². The van der Waals surface area contributed by atoms with Crippen LogP contribution in [0.2, 0.25) is 0 Å². The van der Waals surface area contributed by atoms with Crippen molar-refractivity contribution < 1.29 is 13.9 Å². The van der Waals surface area contributed by atoms with Crippen molar-refractivity contribution in [3.05, 3.63) is 65.5 Å². The largest absolute Gasteiger partial charge is 0.493 e. The topological polar surface area (TPSA) is 41.6 Å². The van der Waals surface area contributed by atoms with E-state index in [1.54, 1.807) is 12.1 Å². The summed E-state index contributed by atoms with van der Waals surface area (Å²) in [5, 5.41) is 3.47. The summed E-state index contributed by atoms with van der Waals surface area (Å²) in [6.45, 7) is 7.57. The highest BCUT2D eigenvalue weighted by Crippen LogP contribution is 2.37. The molecule has 1 unspecified atom stereocenters. The summed E-state index contributed by atoms with van der Waals surface area (Å²) in [5.41, 5.74) is 1.97. The fourth-order valence-corrected chi connectivity index (χ4v) is 4.84. The van der Waals surface area contributed by atoms with Gasteiger partial charge in [-0.15, -0.1) is 0 Å². The molecule has 3 atom stereocenters. The number of carbonyl (C=O) groups excluding carboxylic acids is 1. The Bertz CT molecular complexity index is 854. The van der Waals surface area contributed by atoms with E-state index in [1.165, 1.54) is 12.1 Å². The number of nitrogens with zero attached hydrogens (tertiary/aromatic N) is 1. The van der Waals surface area contributed by atoms with Gasteiger partial charge in [-0.05, 0) is 79.1 Å². The van der Waals surface area contributed by atoms with E-state index < -0.39 is 0 Å². The molecule has 166 valence electrons. The lowest BCUT2D eigenvalue weighted by atomic mass is 10.0. The number of amides is 1. The minimum absolute atomic E-state index is 0.137. The quantitative estimate of drug-likeness (QED) is 0.682. The monoisotopic (exact) mass is 424 g/mol. The zero-order chi connectivity index (χ0) is 21.8. The van der Waals surface area contributed by atoms with E-state index in [4.69, 9.17) is 4.74 Å². The van der Waals surface area contributed by atoms with Crippen LogP contribution in [0, 0.1) is 23.6 Å². The highest BCUT2D eigenvalue weighted by atomic mass is 19.1. The maximum absolute atomic E-state index is 13.4. The number of fused-ring (bicyclic) bond motifs is 1. The fraction of sp³-hybridized carbons (Fsp3) is 0.500. The molecule has 4 nitrogen and oxygen atoms in total. The van der Waals surface area contributed by atoms with Gasteiger partial charge >= 0.3 is 0 Å². The van der Waals surface area contributed by atoms with Gasteiger partial charge in [0.25, 0.3) is 0 Å². The van der Waals surface area contributed by atoms with Crippen LogP contribution in [0.1, 0.15) is 37.8 Å². The average molecular weight is 425 g/mol. The minimum atomic E-state index is -0.247. The van der Waals surface area contributed by atoms with Crippen LogP contribution in [0.25, 0.3) is 0 Å². The first kappa shape index (κ1) is 21.8. The summed E-state index contributed by atoms with van der Waals surface area (Å²) in [7, 11) is 0. The van der Waals surface area contributed by atoms with Gasteiger partial charge in [-0.2, -0.15) is 0 Å². The Morgan fingerprint density at radius 1 is 1.03 bits per heavy atom. The molecule has 0 aromatic heterocycles. The van der Waals surface area contributed by atoms with Crippen LogP contribution in [0.5, 0.6) is 5.75 Å². The van der Waals surface area contributed by atoms with Gasteiger partial charge in [0.15, 0.2) is 0 Å². The second kappa shape index (κ2) is 9.82. The van der Waals surface area contributed by atoms with Crippen LogP contribution in [-0.2, 0) is 17.8 Å². The molecule has 4 rings (SSSR count). The highest BCUT2D eigenvalue weighted by Gasteiger charge is 2.40. The lowest BCUT2D eigenvalue weighted by Gasteiger charge is -2.30. The molecule has 2 aromatic rings. The minimum Gasteiger partial charge on any atom is -0.493 e. The van der Waals surface area contributed by atoms with Gasteiger partial charge in [0.05, 0.1) is 13.0 Å². The van der Waals surface area contributed by atoms with E-state index in [0.717, 1.165) is 42.8 Å². The molecule has 2 fully saturated rings. The number of halogens is 1. The molecule has 2 aromatic carbocycles. The molecule has 1 aliphatic carbocycles. The van der Waals surface area contributed by atoms with E-state index in [1.807, 2.05) is 29.2 Å². The zero-order valence-corrected chi connectivity index (χ0v) is 18.5. The van der Waals surface area contributed by atoms with E-state index in [-0.39, 0.29) is 17.8 Å². The smallest absolute Gasteiger partial charge is 0.227 e. The second-order valence-corrected chi connectivity index (χ2v) is 9.48. The standard InChI is InChI=1S/C26H33FN2O2/c1-18(2)17-31-25-9-5-19(6-10-25)11-26(30)29(16-20-3-7-23(27)8-4-20)24-12-21-14-28-15-22(21)13-24/h3-10,18,21-22,24,28H,11-17H2,1-2H3/t21-,22+,24?. The maximum Gasteiger partial charge on any atom is 0.227 e.